The average Bonchev–Trinajstić information content (AvgIpc) is 3.09. The minimum Gasteiger partial charge on any atom is -0.317 e. The lowest BCUT2D eigenvalue weighted by Crippen LogP contribution is -2.09. The maximum atomic E-state index is 13.3. The molecular formula is C24H22N2O2S. The Balaban J connectivity index is 2.01. The lowest BCUT2D eigenvalue weighted by atomic mass is 10.0. The highest BCUT2D eigenvalue weighted by molar-refractivity contribution is 7.91. The van der Waals surface area contributed by atoms with Crippen molar-refractivity contribution in [1.82, 2.24) is 9.55 Å². The molecule has 0 atom stereocenters. The van der Waals surface area contributed by atoms with Gasteiger partial charge in [0.2, 0.25) is 15.0 Å². The maximum absolute atomic E-state index is 13.3. The van der Waals surface area contributed by atoms with Crippen molar-refractivity contribution >= 4 is 9.84 Å². The van der Waals surface area contributed by atoms with Crippen LogP contribution in [0, 0.1) is 13.8 Å². The van der Waals surface area contributed by atoms with Crippen LogP contribution < -0.4 is 0 Å². The lowest BCUT2D eigenvalue weighted by Gasteiger charge is -2.10. The van der Waals surface area contributed by atoms with E-state index in [0.717, 1.165) is 22.4 Å². The standard InChI is InChI=1S/C24H22N2O2S/c1-17-14-15-20(16-18(17)2)23-22(19-10-6-4-7-11-19)25-24(26(23)3)29(27,28)21-12-8-5-9-13-21/h4-16H,1-3H3. The van der Waals surface area contributed by atoms with Crippen molar-refractivity contribution in [1.29, 1.82) is 0 Å². The van der Waals surface area contributed by atoms with Crippen molar-refractivity contribution in [2.75, 3.05) is 0 Å². The number of hydrogen-bond acceptors (Lipinski definition) is 3. The zero-order chi connectivity index (χ0) is 20.6. The first-order valence-corrected chi connectivity index (χ1v) is 10.9. The topological polar surface area (TPSA) is 52.0 Å². The van der Waals surface area contributed by atoms with Gasteiger partial charge in [-0.15, -0.1) is 0 Å². The monoisotopic (exact) mass is 402 g/mol. The van der Waals surface area contributed by atoms with Gasteiger partial charge in [-0.25, -0.2) is 13.4 Å². The Kier molecular flexibility index (Phi) is 4.84. The molecule has 1 heterocycles. The maximum Gasteiger partial charge on any atom is 0.240 e. The molecule has 29 heavy (non-hydrogen) atoms. The molecule has 3 aromatic carbocycles. The molecule has 4 rings (SSSR count). The van der Waals surface area contributed by atoms with E-state index in [9.17, 15) is 8.42 Å². The van der Waals surface area contributed by atoms with Crippen LogP contribution in [-0.2, 0) is 16.9 Å². The summed E-state index contributed by atoms with van der Waals surface area (Å²) in [5.74, 6) is 0. The summed E-state index contributed by atoms with van der Waals surface area (Å²) in [5.41, 5.74) is 5.60. The fraction of sp³-hybridized carbons (Fsp3) is 0.125. The molecule has 0 aliphatic rings. The van der Waals surface area contributed by atoms with Crippen molar-refractivity contribution in [3.63, 3.8) is 0 Å². The molecule has 0 amide bonds. The van der Waals surface area contributed by atoms with Gasteiger partial charge in [-0.2, -0.15) is 0 Å². The van der Waals surface area contributed by atoms with Gasteiger partial charge in [-0.3, -0.25) is 0 Å². The van der Waals surface area contributed by atoms with Crippen LogP contribution in [-0.4, -0.2) is 18.0 Å². The molecule has 4 aromatic rings. The number of nitrogens with zero attached hydrogens (tertiary/aromatic N) is 2. The van der Waals surface area contributed by atoms with E-state index in [1.165, 1.54) is 5.56 Å². The number of sulfone groups is 1. The van der Waals surface area contributed by atoms with Gasteiger partial charge >= 0.3 is 0 Å². The van der Waals surface area contributed by atoms with Crippen LogP contribution in [0.25, 0.3) is 22.5 Å². The third-order valence-electron chi connectivity index (χ3n) is 5.18. The van der Waals surface area contributed by atoms with Gasteiger partial charge in [0.05, 0.1) is 16.3 Å². The van der Waals surface area contributed by atoms with Gasteiger partial charge < -0.3 is 4.57 Å². The quantitative estimate of drug-likeness (QED) is 0.471. The molecule has 0 radical (unpaired) electrons. The largest absolute Gasteiger partial charge is 0.317 e. The predicted octanol–water partition coefficient (Wildman–Crippen LogP) is 5.20. The van der Waals surface area contributed by atoms with Crippen LogP contribution in [0.1, 0.15) is 11.1 Å². The summed E-state index contributed by atoms with van der Waals surface area (Å²) in [5, 5.41) is 0.0378. The van der Waals surface area contributed by atoms with Crippen LogP contribution in [0.4, 0.5) is 0 Å². The molecule has 0 spiro atoms. The van der Waals surface area contributed by atoms with Gasteiger partial charge in [0.1, 0.15) is 0 Å². The zero-order valence-electron chi connectivity index (χ0n) is 16.6. The van der Waals surface area contributed by atoms with E-state index < -0.39 is 9.84 Å². The Bertz CT molecular complexity index is 1280. The summed E-state index contributed by atoms with van der Waals surface area (Å²) < 4.78 is 28.3. The summed E-state index contributed by atoms with van der Waals surface area (Å²) in [6.07, 6.45) is 0. The molecule has 1 aromatic heterocycles. The van der Waals surface area contributed by atoms with Crippen molar-refractivity contribution in [2.45, 2.75) is 23.9 Å². The highest BCUT2D eigenvalue weighted by Crippen LogP contribution is 2.35. The summed E-state index contributed by atoms with van der Waals surface area (Å²) in [4.78, 5) is 4.87. The molecule has 0 unspecified atom stereocenters. The molecule has 146 valence electrons. The van der Waals surface area contributed by atoms with E-state index in [1.54, 1.807) is 41.9 Å². The smallest absolute Gasteiger partial charge is 0.240 e. The van der Waals surface area contributed by atoms with E-state index >= 15 is 0 Å². The third kappa shape index (κ3) is 3.38. The molecule has 0 bridgehead atoms. The minimum atomic E-state index is -3.75. The van der Waals surface area contributed by atoms with Crippen LogP contribution >= 0.6 is 0 Å². The Hall–Kier alpha value is -3.18. The Morgan fingerprint density at radius 2 is 1.38 bits per heavy atom. The number of aromatic nitrogens is 2. The Morgan fingerprint density at radius 3 is 2.00 bits per heavy atom. The molecule has 4 nitrogen and oxygen atoms in total. The second-order valence-corrected chi connectivity index (χ2v) is 8.98. The second-order valence-electron chi connectivity index (χ2n) is 7.13. The van der Waals surface area contributed by atoms with Crippen molar-refractivity contribution < 1.29 is 8.42 Å². The Morgan fingerprint density at radius 1 is 0.759 bits per heavy atom. The third-order valence-corrected chi connectivity index (χ3v) is 6.91. The number of rotatable bonds is 4. The molecule has 5 heteroatoms. The van der Waals surface area contributed by atoms with E-state index in [4.69, 9.17) is 0 Å². The first kappa shape index (κ1) is 19.2. The second kappa shape index (κ2) is 7.33. The van der Waals surface area contributed by atoms with E-state index in [2.05, 4.69) is 31.0 Å². The highest BCUT2D eigenvalue weighted by atomic mass is 32.2. The fourth-order valence-corrected chi connectivity index (χ4v) is 4.83. The lowest BCUT2D eigenvalue weighted by molar-refractivity contribution is 0.579. The number of aryl methyl sites for hydroxylation is 2. The van der Waals surface area contributed by atoms with Crippen LogP contribution in [0.5, 0.6) is 0 Å². The summed E-state index contributed by atoms with van der Waals surface area (Å²) in [6, 6.07) is 24.3. The average molecular weight is 403 g/mol. The SMILES string of the molecule is Cc1ccc(-c2c(-c3ccccc3)nc(S(=O)(=O)c3ccccc3)n2C)cc1C. The van der Waals surface area contributed by atoms with E-state index in [-0.39, 0.29) is 10.1 Å². The summed E-state index contributed by atoms with van der Waals surface area (Å²) >= 11 is 0. The normalized spacial score (nSPS) is 11.6. The fourth-order valence-electron chi connectivity index (χ4n) is 3.44. The van der Waals surface area contributed by atoms with Gasteiger partial charge in [-0.1, -0.05) is 60.7 Å². The van der Waals surface area contributed by atoms with Crippen LogP contribution in [0.15, 0.2) is 88.9 Å². The molecule has 0 aliphatic carbocycles. The molecule has 0 saturated carbocycles. The summed E-state index contributed by atoms with van der Waals surface area (Å²) in [7, 11) is -1.99. The first-order chi connectivity index (χ1) is 13.9. The molecule has 0 N–H and O–H groups in total. The van der Waals surface area contributed by atoms with Crippen molar-refractivity contribution in [2.24, 2.45) is 7.05 Å². The van der Waals surface area contributed by atoms with Gasteiger partial charge in [0, 0.05) is 18.2 Å². The van der Waals surface area contributed by atoms with Gasteiger partial charge in [0.15, 0.2) is 0 Å². The molecule has 0 saturated heterocycles. The predicted molar refractivity (Wildman–Crippen MR) is 115 cm³/mol. The van der Waals surface area contributed by atoms with E-state index in [0.29, 0.717) is 5.69 Å². The van der Waals surface area contributed by atoms with Crippen LogP contribution in [0.3, 0.4) is 0 Å². The van der Waals surface area contributed by atoms with Crippen LogP contribution in [0.2, 0.25) is 0 Å². The Labute approximate surface area is 171 Å². The number of benzene rings is 3. The van der Waals surface area contributed by atoms with Gasteiger partial charge in [0.25, 0.3) is 0 Å². The molecule has 0 fully saturated rings. The number of imidazole rings is 1. The van der Waals surface area contributed by atoms with Crippen molar-refractivity contribution in [3.05, 3.63) is 90.0 Å². The number of hydrogen-bond donors (Lipinski definition) is 0. The van der Waals surface area contributed by atoms with Gasteiger partial charge in [-0.05, 0) is 43.2 Å². The highest BCUT2D eigenvalue weighted by Gasteiger charge is 2.28. The van der Waals surface area contributed by atoms with E-state index in [1.807, 2.05) is 36.4 Å². The van der Waals surface area contributed by atoms with Crippen molar-refractivity contribution in [3.8, 4) is 22.5 Å². The molecular weight excluding hydrogens is 380 g/mol. The first-order valence-electron chi connectivity index (χ1n) is 9.39. The summed E-state index contributed by atoms with van der Waals surface area (Å²) in [6.45, 7) is 4.12. The zero-order valence-corrected chi connectivity index (χ0v) is 17.4. The minimum absolute atomic E-state index is 0.0378. The molecule has 0 aliphatic heterocycles.